The zero-order chi connectivity index (χ0) is 6.57. The van der Waals surface area contributed by atoms with Crippen LogP contribution < -0.4 is 0 Å². The molecule has 0 rings (SSSR count). The molecular formula is C8H15. The summed E-state index contributed by atoms with van der Waals surface area (Å²) in [6.07, 6.45) is 2.96. The minimum Gasteiger partial charge on any atom is -0.0812 e. The maximum atomic E-state index is 5.36. The molecule has 0 fully saturated rings. The molecule has 0 amide bonds. The molecule has 0 aromatic heterocycles. The number of rotatable bonds is 3. The third kappa shape index (κ3) is 2.15. The first-order valence-electron chi connectivity index (χ1n) is 3.27. The third-order valence-electron chi connectivity index (χ3n) is 1.57. The molecule has 0 aliphatic carbocycles. The smallest absolute Gasteiger partial charge is 0.0210 e. The number of hydrogen-bond donors (Lipinski definition) is 0. The van der Waals surface area contributed by atoms with Crippen LogP contribution in [0.25, 0.3) is 0 Å². The van der Waals surface area contributed by atoms with Gasteiger partial charge in [-0.3, -0.25) is 0 Å². The zero-order valence-corrected chi connectivity index (χ0v) is 6.02. The fourth-order valence-corrected chi connectivity index (χ4v) is 0.830. The molecule has 0 nitrogen and oxygen atoms in total. The summed E-state index contributed by atoms with van der Waals surface area (Å²) in [5.41, 5.74) is 0. The number of allylic oxidation sites excluding steroid dienone is 1. The molecule has 1 radical (unpaired) electrons. The first-order chi connectivity index (χ1) is 3.72. The molecule has 0 aliphatic heterocycles. The van der Waals surface area contributed by atoms with Gasteiger partial charge in [-0.25, -0.2) is 0 Å². The van der Waals surface area contributed by atoms with Gasteiger partial charge in [0.25, 0.3) is 0 Å². The topological polar surface area (TPSA) is 0 Å². The lowest BCUT2D eigenvalue weighted by Gasteiger charge is -2.12. The quantitative estimate of drug-likeness (QED) is 0.525. The normalized spacial score (nSPS) is 14.0. The van der Waals surface area contributed by atoms with E-state index in [0.717, 1.165) is 6.42 Å². The summed E-state index contributed by atoms with van der Waals surface area (Å²) < 4.78 is 0. The van der Waals surface area contributed by atoms with Crippen LogP contribution in [0.15, 0.2) is 6.08 Å². The van der Waals surface area contributed by atoms with Gasteiger partial charge in [0.15, 0.2) is 0 Å². The van der Waals surface area contributed by atoms with E-state index < -0.39 is 0 Å². The van der Waals surface area contributed by atoms with Gasteiger partial charge in [-0.2, -0.15) is 0 Å². The van der Waals surface area contributed by atoms with E-state index in [9.17, 15) is 0 Å². The highest BCUT2D eigenvalue weighted by molar-refractivity contribution is 4.77. The molecule has 8 heavy (non-hydrogen) atoms. The average Bonchev–Trinajstić information content (AvgIpc) is 1.69. The van der Waals surface area contributed by atoms with Crippen LogP contribution >= 0.6 is 0 Å². The monoisotopic (exact) mass is 111 g/mol. The van der Waals surface area contributed by atoms with Crippen molar-refractivity contribution in [2.24, 2.45) is 11.8 Å². The average molecular weight is 111 g/mol. The van der Waals surface area contributed by atoms with Crippen LogP contribution in [-0.4, -0.2) is 0 Å². The fourth-order valence-electron chi connectivity index (χ4n) is 0.830. The summed E-state index contributed by atoms with van der Waals surface area (Å²) in [6, 6.07) is 0. The Balaban J connectivity index is 3.51. The molecule has 0 aromatic carbocycles. The molecule has 0 N–H and O–H groups in total. The van der Waals surface area contributed by atoms with Crippen LogP contribution in [0.1, 0.15) is 27.2 Å². The second kappa shape index (κ2) is 3.71. The Hall–Kier alpha value is -0.260. The van der Waals surface area contributed by atoms with Gasteiger partial charge in [0.05, 0.1) is 0 Å². The molecule has 0 heteroatoms. The van der Waals surface area contributed by atoms with Gasteiger partial charge in [-0.1, -0.05) is 33.4 Å². The van der Waals surface area contributed by atoms with Crippen molar-refractivity contribution in [1.29, 1.82) is 0 Å². The van der Waals surface area contributed by atoms with Crippen molar-refractivity contribution in [1.82, 2.24) is 0 Å². The molecule has 0 aromatic rings. The summed E-state index contributed by atoms with van der Waals surface area (Å²) >= 11 is 0. The fraction of sp³-hybridized carbons (Fsp3) is 0.750. The third-order valence-corrected chi connectivity index (χ3v) is 1.57. The highest BCUT2D eigenvalue weighted by Crippen LogP contribution is 2.14. The van der Waals surface area contributed by atoms with Gasteiger partial charge >= 0.3 is 0 Å². The molecule has 47 valence electrons. The molecule has 1 atom stereocenters. The van der Waals surface area contributed by atoms with Crippen LogP contribution in [0.4, 0.5) is 0 Å². The first-order valence-corrected chi connectivity index (χ1v) is 3.27. The lowest BCUT2D eigenvalue weighted by atomic mass is 9.94. The van der Waals surface area contributed by atoms with Crippen molar-refractivity contribution >= 4 is 0 Å². The minimum atomic E-state index is 0.606. The van der Waals surface area contributed by atoms with Crippen molar-refractivity contribution in [2.75, 3.05) is 0 Å². The van der Waals surface area contributed by atoms with Gasteiger partial charge in [0.1, 0.15) is 0 Å². The highest BCUT2D eigenvalue weighted by atomic mass is 14.1. The summed E-state index contributed by atoms with van der Waals surface area (Å²) in [6.45, 7) is 11.9. The van der Waals surface area contributed by atoms with Gasteiger partial charge in [-0.15, -0.1) is 0 Å². The maximum Gasteiger partial charge on any atom is -0.0210 e. The largest absolute Gasteiger partial charge is 0.0812 e. The van der Waals surface area contributed by atoms with Crippen molar-refractivity contribution in [3.8, 4) is 0 Å². The molecule has 0 spiro atoms. The van der Waals surface area contributed by atoms with Gasteiger partial charge in [0, 0.05) is 0 Å². The van der Waals surface area contributed by atoms with E-state index in [0.29, 0.717) is 11.8 Å². The molecule has 0 bridgehead atoms. The van der Waals surface area contributed by atoms with Crippen molar-refractivity contribution in [2.45, 2.75) is 27.2 Å². The highest BCUT2D eigenvalue weighted by Gasteiger charge is 2.03. The Kier molecular flexibility index (Phi) is 3.59. The van der Waals surface area contributed by atoms with E-state index in [-0.39, 0.29) is 0 Å². The van der Waals surface area contributed by atoms with Crippen molar-refractivity contribution in [3.05, 3.63) is 12.7 Å². The van der Waals surface area contributed by atoms with E-state index in [1.807, 2.05) is 0 Å². The van der Waals surface area contributed by atoms with Crippen LogP contribution in [0, 0.1) is 18.4 Å². The van der Waals surface area contributed by atoms with E-state index in [4.69, 9.17) is 6.58 Å². The maximum absolute atomic E-state index is 5.36. The van der Waals surface area contributed by atoms with E-state index in [1.165, 1.54) is 0 Å². The van der Waals surface area contributed by atoms with E-state index >= 15 is 0 Å². The second-order valence-corrected chi connectivity index (χ2v) is 2.51. The lowest BCUT2D eigenvalue weighted by molar-refractivity contribution is 0.453. The van der Waals surface area contributed by atoms with Crippen LogP contribution in [0.2, 0.25) is 0 Å². The SMILES string of the molecule is [CH]=CC(CC)C(C)C. The number of hydrogen-bond acceptors (Lipinski definition) is 0. The molecule has 0 aliphatic rings. The van der Waals surface area contributed by atoms with E-state index in [1.54, 1.807) is 6.08 Å². The first kappa shape index (κ1) is 7.74. The zero-order valence-electron chi connectivity index (χ0n) is 6.02. The second-order valence-electron chi connectivity index (χ2n) is 2.51. The van der Waals surface area contributed by atoms with Crippen LogP contribution in [0.5, 0.6) is 0 Å². The van der Waals surface area contributed by atoms with Gasteiger partial charge in [0.2, 0.25) is 0 Å². The van der Waals surface area contributed by atoms with Crippen molar-refractivity contribution < 1.29 is 0 Å². The predicted octanol–water partition coefficient (Wildman–Crippen LogP) is 2.66. The molecule has 0 heterocycles. The van der Waals surface area contributed by atoms with Crippen LogP contribution in [-0.2, 0) is 0 Å². The van der Waals surface area contributed by atoms with Crippen LogP contribution in [0.3, 0.4) is 0 Å². The Morgan fingerprint density at radius 3 is 2.00 bits per heavy atom. The molecular weight excluding hydrogens is 96.1 g/mol. The summed E-state index contributed by atoms with van der Waals surface area (Å²) in [5, 5.41) is 0. The Labute approximate surface area is 52.6 Å². The Bertz CT molecular complexity index is 62.4. The summed E-state index contributed by atoms with van der Waals surface area (Å²) in [7, 11) is 0. The van der Waals surface area contributed by atoms with Gasteiger partial charge < -0.3 is 0 Å². The summed E-state index contributed by atoms with van der Waals surface area (Å²) in [4.78, 5) is 0. The Morgan fingerprint density at radius 2 is 2.00 bits per heavy atom. The molecule has 1 unspecified atom stereocenters. The molecule has 0 saturated carbocycles. The standard InChI is InChI=1S/C8H15/c1-5-8(6-2)7(3)4/h1,5,7-8H,6H2,2-4H3. The van der Waals surface area contributed by atoms with Crippen molar-refractivity contribution in [3.63, 3.8) is 0 Å². The van der Waals surface area contributed by atoms with Gasteiger partial charge in [-0.05, 0) is 18.3 Å². The Morgan fingerprint density at radius 1 is 1.50 bits per heavy atom. The van der Waals surface area contributed by atoms with E-state index in [2.05, 4.69) is 20.8 Å². The predicted molar refractivity (Wildman–Crippen MR) is 37.5 cm³/mol. The minimum absolute atomic E-state index is 0.606. The molecule has 0 saturated heterocycles. The summed E-state index contributed by atoms with van der Waals surface area (Å²) in [5.74, 6) is 1.31. The lowest BCUT2D eigenvalue weighted by Crippen LogP contribution is -2.02.